The fourth-order valence-electron chi connectivity index (χ4n) is 5.90. The molecule has 0 aliphatic heterocycles. The summed E-state index contributed by atoms with van der Waals surface area (Å²) in [6, 6.07) is 11.1. The maximum atomic E-state index is 15.8. The number of sulfonamides is 1. The highest BCUT2D eigenvalue weighted by molar-refractivity contribution is 7.98. The van der Waals surface area contributed by atoms with E-state index in [9.17, 15) is 22.7 Å². The molecule has 9 nitrogen and oxygen atoms in total. The van der Waals surface area contributed by atoms with Crippen molar-refractivity contribution >= 4 is 39.4 Å². The van der Waals surface area contributed by atoms with Crippen LogP contribution in [0.1, 0.15) is 58.4 Å². The van der Waals surface area contributed by atoms with E-state index in [1.54, 1.807) is 42.8 Å². The van der Waals surface area contributed by atoms with Crippen LogP contribution < -0.4 is 4.74 Å². The highest BCUT2D eigenvalue weighted by Gasteiger charge is 2.39. The molecule has 3 aromatic carbocycles. The predicted octanol–water partition coefficient (Wildman–Crippen LogP) is 8.40. The lowest BCUT2D eigenvalue weighted by Crippen LogP contribution is -2.49. The van der Waals surface area contributed by atoms with Gasteiger partial charge in [0.05, 0.1) is 56.6 Å². The van der Waals surface area contributed by atoms with Gasteiger partial charge >= 0.3 is 5.97 Å². The van der Waals surface area contributed by atoms with Gasteiger partial charge < -0.3 is 14.3 Å². The van der Waals surface area contributed by atoms with E-state index in [-0.39, 0.29) is 19.7 Å². The number of carboxylic acids is 1. The van der Waals surface area contributed by atoms with Gasteiger partial charge in [0, 0.05) is 35.4 Å². The second kappa shape index (κ2) is 17.3. The Kier molecular flexibility index (Phi) is 14.3. The zero-order valence-electron chi connectivity index (χ0n) is 30.5. The van der Waals surface area contributed by atoms with Crippen LogP contribution in [0.2, 0.25) is 5.02 Å². The molecule has 1 atom stereocenters. The van der Waals surface area contributed by atoms with Crippen molar-refractivity contribution in [2.45, 2.75) is 68.8 Å². The number of nitrogens with zero attached hydrogens (tertiary/aromatic N) is 4. The van der Waals surface area contributed by atoms with E-state index in [2.05, 4.69) is 4.98 Å². The summed E-state index contributed by atoms with van der Waals surface area (Å²) in [5.41, 5.74) is 0.951. The molecule has 4 rings (SSSR count). The van der Waals surface area contributed by atoms with Gasteiger partial charge in [0.25, 0.3) is 0 Å². The summed E-state index contributed by atoms with van der Waals surface area (Å²) >= 11 is 7.29. The normalized spacial score (nSPS) is 12.9. The smallest absolute Gasteiger partial charge is 0.322 e. The summed E-state index contributed by atoms with van der Waals surface area (Å²) in [5, 5.41) is 10.8. The molecule has 4 aromatic rings. The van der Waals surface area contributed by atoms with E-state index in [1.807, 2.05) is 47.1 Å². The number of rotatable bonds is 16. The van der Waals surface area contributed by atoms with Crippen molar-refractivity contribution in [3.05, 3.63) is 100 Å². The number of benzene rings is 3. The topological polar surface area (TPSA) is 102 Å². The van der Waals surface area contributed by atoms with Gasteiger partial charge in [-0.15, -0.1) is 0 Å². The lowest BCUT2D eigenvalue weighted by molar-refractivity contribution is -0.870. The van der Waals surface area contributed by atoms with E-state index in [4.69, 9.17) is 16.3 Å². The number of ether oxygens (including phenoxy) is 1. The van der Waals surface area contributed by atoms with E-state index in [0.29, 0.717) is 44.8 Å². The maximum Gasteiger partial charge on any atom is 0.322 e. The Bertz CT molecular complexity index is 1990. The van der Waals surface area contributed by atoms with Crippen molar-refractivity contribution in [1.82, 2.24) is 13.9 Å². The van der Waals surface area contributed by atoms with Gasteiger partial charge in [-0.1, -0.05) is 64.6 Å². The molecular weight excluding hydrogens is 749 g/mol. The minimum absolute atomic E-state index is 0. The van der Waals surface area contributed by atoms with Crippen LogP contribution in [0.15, 0.2) is 70.8 Å². The first kappa shape index (κ1) is 43.8. The lowest BCUT2D eigenvalue weighted by atomic mass is 9.81. The molecule has 290 valence electrons. The van der Waals surface area contributed by atoms with Crippen molar-refractivity contribution in [2.24, 2.45) is 5.92 Å². The minimum Gasteiger partial charge on any atom is -0.495 e. The van der Waals surface area contributed by atoms with Crippen molar-refractivity contribution in [2.75, 3.05) is 41.3 Å². The second-order valence-corrected chi connectivity index (χ2v) is 17.6. The number of halogens is 4. The quantitative estimate of drug-likeness (QED) is 0.0898. The third-order valence-electron chi connectivity index (χ3n) is 8.80. The molecule has 0 fully saturated rings. The van der Waals surface area contributed by atoms with Gasteiger partial charge in [-0.05, 0) is 60.0 Å². The highest BCUT2D eigenvalue weighted by atomic mass is 35.5. The highest BCUT2D eigenvalue weighted by Crippen LogP contribution is 2.39. The molecule has 0 amide bonds. The summed E-state index contributed by atoms with van der Waals surface area (Å²) in [7, 11) is 2.63. The van der Waals surface area contributed by atoms with Gasteiger partial charge in [-0.2, -0.15) is 4.31 Å². The van der Waals surface area contributed by atoms with Crippen LogP contribution in [-0.2, 0) is 26.0 Å². The molecular formula is C38H49ClF3N4O5S2+. The molecule has 0 aliphatic carbocycles. The number of quaternary nitrogens is 1. The predicted molar refractivity (Wildman–Crippen MR) is 204 cm³/mol. The van der Waals surface area contributed by atoms with Crippen LogP contribution in [0, 0.1) is 23.4 Å². The third kappa shape index (κ3) is 9.96. The number of aromatic nitrogens is 2. The molecule has 1 N–H and O–H groups in total. The molecule has 1 unspecified atom stereocenters. The van der Waals surface area contributed by atoms with E-state index < -0.39 is 61.3 Å². The Morgan fingerprint density at radius 2 is 1.66 bits per heavy atom. The molecule has 0 saturated carbocycles. The van der Waals surface area contributed by atoms with Gasteiger partial charge in [-0.25, -0.2) is 26.6 Å². The van der Waals surface area contributed by atoms with Crippen LogP contribution in [0.3, 0.4) is 0 Å². The summed E-state index contributed by atoms with van der Waals surface area (Å²) in [5.74, 6) is -4.45. The fourth-order valence-corrected chi connectivity index (χ4v) is 8.88. The Labute approximate surface area is 320 Å². The second-order valence-electron chi connectivity index (χ2n) is 14.4. The fraction of sp³-hybridized carbons (Fsp3) is 0.421. The first-order valence-electron chi connectivity index (χ1n) is 16.5. The average molecular weight is 798 g/mol. The molecule has 15 heteroatoms. The summed E-state index contributed by atoms with van der Waals surface area (Å²) in [6.45, 7) is 7.46. The number of thioether (sulfide) groups is 1. The van der Waals surface area contributed by atoms with Gasteiger partial charge in [-0.3, -0.25) is 9.36 Å². The number of carboxylic acid groups (broad SMARTS) is 1. The van der Waals surface area contributed by atoms with E-state index >= 15 is 8.78 Å². The Balaban J connectivity index is 0.00000756. The Morgan fingerprint density at radius 3 is 2.19 bits per heavy atom. The van der Waals surface area contributed by atoms with Crippen LogP contribution in [-0.4, -0.2) is 85.2 Å². The zero-order chi connectivity index (χ0) is 38.8. The van der Waals surface area contributed by atoms with Crippen molar-refractivity contribution < 1.29 is 40.7 Å². The number of carbonyl (C=O) groups is 1. The standard InChI is InChI=1S/C37H44ClF3N4O5S2.CH4/c1-23(2)34(35(46)47)43(16-9-17-45(5,6)7)52(48,49)27-19-30(40)28(31(41)20-27)22-51-36-42-21-33(44(36)26-13-11-25(39)12-14-26)37(3,4)24-10-15-29(38)32(18-24)50-8;/h10-15,18-21,23,34H,9,16-17,22H2,1-8H3;1H4/p+1. The molecule has 0 bridgehead atoms. The van der Waals surface area contributed by atoms with Crippen LogP contribution in [0.25, 0.3) is 5.69 Å². The van der Waals surface area contributed by atoms with E-state index in [0.717, 1.165) is 33.8 Å². The first-order valence-corrected chi connectivity index (χ1v) is 19.3. The van der Waals surface area contributed by atoms with Crippen LogP contribution in [0.5, 0.6) is 5.75 Å². The molecule has 1 heterocycles. The largest absolute Gasteiger partial charge is 0.495 e. The summed E-state index contributed by atoms with van der Waals surface area (Å²) in [6.07, 6.45) is 1.96. The van der Waals surface area contributed by atoms with Crippen LogP contribution in [0.4, 0.5) is 13.2 Å². The number of hydrogen-bond donors (Lipinski definition) is 1. The molecule has 53 heavy (non-hydrogen) atoms. The number of imidazole rings is 1. The SMILES string of the molecule is C.COc1cc(C(C)(C)c2cnc(SCc3c(F)cc(S(=O)(=O)N(CCC[N+](C)(C)C)C(C(=O)O)C(C)C)cc3F)n2-c2ccc(F)cc2)ccc1Cl. The van der Waals surface area contributed by atoms with Crippen molar-refractivity contribution in [3.8, 4) is 11.4 Å². The molecule has 1 aromatic heterocycles. The monoisotopic (exact) mass is 797 g/mol. The minimum atomic E-state index is -4.64. The van der Waals surface area contributed by atoms with Crippen LogP contribution >= 0.6 is 23.4 Å². The molecule has 0 spiro atoms. The summed E-state index contributed by atoms with van der Waals surface area (Å²) in [4.78, 5) is 16.2. The molecule has 0 saturated heterocycles. The first-order chi connectivity index (χ1) is 24.2. The van der Waals surface area contributed by atoms with Crippen molar-refractivity contribution in [1.29, 1.82) is 0 Å². The van der Waals surface area contributed by atoms with Gasteiger partial charge in [0.1, 0.15) is 29.2 Å². The lowest BCUT2D eigenvalue weighted by Gasteiger charge is -2.32. The van der Waals surface area contributed by atoms with Gasteiger partial charge in [0.2, 0.25) is 10.0 Å². The zero-order valence-corrected chi connectivity index (χ0v) is 32.8. The third-order valence-corrected chi connectivity index (χ3v) is 11.9. The summed E-state index contributed by atoms with van der Waals surface area (Å²) < 4.78 is 81.9. The number of hydrogen-bond acceptors (Lipinski definition) is 6. The van der Waals surface area contributed by atoms with Gasteiger partial charge in [0.15, 0.2) is 5.16 Å². The van der Waals surface area contributed by atoms with Crippen molar-refractivity contribution in [3.63, 3.8) is 0 Å². The Hall–Kier alpha value is -3.56. The number of aliphatic carboxylic acids is 1. The maximum absolute atomic E-state index is 15.8. The number of methoxy groups -OCH3 is 1. The van der Waals surface area contributed by atoms with E-state index in [1.165, 1.54) is 19.2 Å². The Morgan fingerprint density at radius 1 is 1.06 bits per heavy atom. The molecule has 0 aliphatic rings. The average Bonchev–Trinajstić information content (AvgIpc) is 3.48. The molecule has 0 radical (unpaired) electrons.